The summed E-state index contributed by atoms with van der Waals surface area (Å²) in [7, 11) is -0.478. The highest BCUT2D eigenvalue weighted by molar-refractivity contribution is 7.92. The zero-order chi connectivity index (χ0) is 25.6. The van der Waals surface area contributed by atoms with E-state index in [2.05, 4.69) is 46.5 Å². The molecule has 0 amide bonds. The number of methoxy groups -OCH3 is 2. The lowest BCUT2D eigenvalue weighted by atomic mass is 9.76. The largest absolute Gasteiger partial charge is 0.497 e. The van der Waals surface area contributed by atoms with Gasteiger partial charge in [-0.15, -0.1) is 0 Å². The molecule has 6 nitrogen and oxygen atoms in total. The van der Waals surface area contributed by atoms with Gasteiger partial charge in [-0.2, -0.15) is 0 Å². The highest BCUT2D eigenvalue weighted by Crippen LogP contribution is 2.52. The van der Waals surface area contributed by atoms with Gasteiger partial charge < -0.3 is 14.8 Å². The van der Waals surface area contributed by atoms with Crippen LogP contribution in [-0.2, 0) is 10.0 Å². The number of fused-ring (bicyclic) bond motifs is 4. The number of anilines is 2. The summed E-state index contributed by atoms with van der Waals surface area (Å²) in [5, 5.41) is 6.07. The van der Waals surface area contributed by atoms with Crippen molar-refractivity contribution in [3.8, 4) is 11.5 Å². The first-order valence-electron chi connectivity index (χ1n) is 12.3. The SMILES string of the molecule is COc1ccc(NS(=O)(=O)c2ccc3c(c2)C2C=CCC2C(c2c(OC)ccc4ccccc24)N3)cc1. The molecule has 0 saturated heterocycles. The van der Waals surface area contributed by atoms with E-state index in [1.807, 2.05) is 18.2 Å². The summed E-state index contributed by atoms with van der Waals surface area (Å²) < 4.78 is 40.2. The van der Waals surface area contributed by atoms with Crippen LogP contribution < -0.4 is 19.5 Å². The maximum atomic E-state index is 13.3. The molecule has 6 rings (SSSR count). The van der Waals surface area contributed by atoms with Gasteiger partial charge in [-0.1, -0.05) is 42.5 Å². The number of hydrogen-bond donors (Lipinski definition) is 2. The van der Waals surface area contributed by atoms with E-state index in [9.17, 15) is 8.42 Å². The average Bonchev–Trinajstić information content (AvgIpc) is 3.42. The lowest BCUT2D eigenvalue weighted by Crippen LogP contribution is -2.30. The van der Waals surface area contributed by atoms with E-state index >= 15 is 0 Å². The van der Waals surface area contributed by atoms with Gasteiger partial charge in [0.05, 0.1) is 25.2 Å². The Morgan fingerprint density at radius 1 is 0.919 bits per heavy atom. The minimum absolute atomic E-state index is 0.0217. The Labute approximate surface area is 217 Å². The number of ether oxygens (including phenoxy) is 2. The molecular weight excluding hydrogens is 484 g/mol. The van der Waals surface area contributed by atoms with Crippen molar-refractivity contribution in [1.82, 2.24) is 0 Å². The maximum absolute atomic E-state index is 13.3. The molecule has 0 fully saturated rings. The lowest BCUT2D eigenvalue weighted by Gasteiger charge is -2.38. The van der Waals surface area contributed by atoms with Crippen molar-refractivity contribution in [1.29, 1.82) is 0 Å². The van der Waals surface area contributed by atoms with E-state index in [0.29, 0.717) is 11.4 Å². The normalized spacial score (nSPS) is 20.1. The number of sulfonamides is 1. The summed E-state index contributed by atoms with van der Waals surface area (Å²) in [5.41, 5.74) is 3.56. The third kappa shape index (κ3) is 4.09. The highest BCUT2D eigenvalue weighted by atomic mass is 32.2. The summed E-state index contributed by atoms with van der Waals surface area (Å²) >= 11 is 0. The summed E-state index contributed by atoms with van der Waals surface area (Å²) in [6, 6.07) is 24.7. The van der Waals surface area contributed by atoms with Gasteiger partial charge in [-0.3, -0.25) is 4.72 Å². The van der Waals surface area contributed by atoms with Crippen LogP contribution in [0.2, 0.25) is 0 Å². The van der Waals surface area contributed by atoms with Crippen LogP contribution >= 0.6 is 0 Å². The predicted molar refractivity (Wildman–Crippen MR) is 147 cm³/mol. The van der Waals surface area contributed by atoms with Crippen LogP contribution in [0, 0.1) is 5.92 Å². The number of nitrogens with one attached hydrogen (secondary N) is 2. The van der Waals surface area contributed by atoms with Crippen LogP contribution in [-0.4, -0.2) is 22.6 Å². The van der Waals surface area contributed by atoms with Crippen molar-refractivity contribution in [3.05, 3.63) is 102 Å². The lowest BCUT2D eigenvalue weighted by molar-refractivity contribution is 0.383. The molecule has 4 aromatic rings. The first-order valence-corrected chi connectivity index (χ1v) is 13.8. The molecule has 37 heavy (non-hydrogen) atoms. The van der Waals surface area contributed by atoms with Crippen molar-refractivity contribution in [2.45, 2.75) is 23.3 Å². The van der Waals surface area contributed by atoms with Crippen LogP contribution in [0.5, 0.6) is 11.5 Å². The second kappa shape index (κ2) is 9.16. The first-order chi connectivity index (χ1) is 18.0. The van der Waals surface area contributed by atoms with Crippen LogP contribution in [0.25, 0.3) is 10.8 Å². The maximum Gasteiger partial charge on any atom is 0.261 e. The molecule has 3 atom stereocenters. The summed E-state index contributed by atoms with van der Waals surface area (Å²) in [5.74, 6) is 1.85. The Bertz CT molecular complexity index is 1610. The van der Waals surface area contributed by atoms with Crippen molar-refractivity contribution < 1.29 is 17.9 Å². The molecular formula is C30H28N2O4S. The van der Waals surface area contributed by atoms with Crippen molar-refractivity contribution in [2.75, 3.05) is 24.3 Å². The van der Waals surface area contributed by atoms with Gasteiger partial charge in [0.2, 0.25) is 0 Å². The van der Waals surface area contributed by atoms with E-state index < -0.39 is 10.0 Å². The second-order valence-corrected chi connectivity index (χ2v) is 11.1. The zero-order valence-corrected chi connectivity index (χ0v) is 21.5. The smallest absolute Gasteiger partial charge is 0.261 e. The Hall–Kier alpha value is -3.97. The van der Waals surface area contributed by atoms with Crippen LogP contribution in [0.3, 0.4) is 0 Å². The Balaban J connectivity index is 1.38. The van der Waals surface area contributed by atoms with E-state index in [4.69, 9.17) is 9.47 Å². The quantitative estimate of drug-likeness (QED) is 0.289. The average molecular weight is 513 g/mol. The summed E-state index contributed by atoms with van der Waals surface area (Å²) in [4.78, 5) is 0.240. The fourth-order valence-corrected chi connectivity index (χ4v) is 6.77. The van der Waals surface area contributed by atoms with Crippen LogP contribution in [0.15, 0.2) is 95.9 Å². The topological polar surface area (TPSA) is 76.7 Å². The Morgan fingerprint density at radius 3 is 2.51 bits per heavy atom. The number of rotatable bonds is 6. The standard InChI is InChI=1S/C30H28N2O4S/c1-35-21-13-11-20(12-14-21)32-37(33,34)22-15-16-27-26(18-22)24-8-5-9-25(24)30(31-27)29-23-7-4-3-6-19(23)10-17-28(29)36-2/h3-8,10-18,24-25,30-32H,9H2,1-2H3. The fraction of sp³-hybridized carbons (Fsp3) is 0.200. The van der Waals surface area contributed by atoms with Gasteiger partial charge in [0.25, 0.3) is 10.0 Å². The van der Waals surface area contributed by atoms with Gasteiger partial charge in [-0.25, -0.2) is 8.42 Å². The van der Waals surface area contributed by atoms with Gasteiger partial charge >= 0.3 is 0 Å². The molecule has 0 saturated carbocycles. The zero-order valence-electron chi connectivity index (χ0n) is 20.6. The molecule has 0 radical (unpaired) electrons. The van der Waals surface area contributed by atoms with Crippen molar-refractivity contribution in [3.63, 3.8) is 0 Å². The second-order valence-electron chi connectivity index (χ2n) is 9.46. The van der Waals surface area contributed by atoms with E-state index in [0.717, 1.165) is 34.4 Å². The number of benzene rings is 4. The summed E-state index contributed by atoms with van der Waals surface area (Å²) in [6.45, 7) is 0. The fourth-order valence-electron chi connectivity index (χ4n) is 5.67. The molecule has 188 valence electrons. The highest BCUT2D eigenvalue weighted by Gasteiger charge is 2.40. The van der Waals surface area contributed by atoms with E-state index in [1.54, 1.807) is 50.6 Å². The molecule has 1 aliphatic heterocycles. The molecule has 7 heteroatoms. The van der Waals surface area contributed by atoms with Crippen LogP contribution in [0.4, 0.5) is 11.4 Å². The molecule has 2 N–H and O–H groups in total. The van der Waals surface area contributed by atoms with Crippen LogP contribution in [0.1, 0.15) is 29.5 Å². The third-order valence-corrected chi connectivity index (χ3v) is 8.83. The predicted octanol–water partition coefficient (Wildman–Crippen LogP) is 6.48. The molecule has 4 aromatic carbocycles. The van der Waals surface area contributed by atoms with E-state index in [1.165, 1.54) is 5.39 Å². The Morgan fingerprint density at radius 2 is 1.73 bits per heavy atom. The molecule has 1 aliphatic carbocycles. The van der Waals surface area contributed by atoms with Crippen molar-refractivity contribution >= 4 is 32.2 Å². The van der Waals surface area contributed by atoms with Gasteiger partial charge in [0.1, 0.15) is 11.5 Å². The molecule has 2 aliphatic rings. The monoisotopic (exact) mass is 512 g/mol. The molecule has 0 aromatic heterocycles. The minimum atomic E-state index is -3.76. The third-order valence-electron chi connectivity index (χ3n) is 7.45. The molecule has 3 unspecified atom stereocenters. The Kier molecular flexibility index (Phi) is 5.80. The van der Waals surface area contributed by atoms with Crippen molar-refractivity contribution in [2.24, 2.45) is 5.92 Å². The molecule has 1 heterocycles. The molecule has 0 spiro atoms. The first kappa shape index (κ1) is 23.4. The minimum Gasteiger partial charge on any atom is -0.497 e. The number of hydrogen-bond acceptors (Lipinski definition) is 5. The van der Waals surface area contributed by atoms with Gasteiger partial charge in [0.15, 0.2) is 0 Å². The molecule has 0 bridgehead atoms. The van der Waals surface area contributed by atoms with Gasteiger partial charge in [0, 0.05) is 22.9 Å². The summed E-state index contributed by atoms with van der Waals surface area (Å²) in [6.07, 6.45) is 5.31. The van der Waals surface area contributed by atoms with Gasteiger partial charge in [-0.05, 0) is 77.2 Å². The van der Waals surface area contributed by atoms with E-state index in [-0.39, 0.29) is 22.8 Å². The number of allylic oxidation sites excluding steroid dienone is 2.